The van der Waals surface area contributed by atoms with Crippen LogP contribution in [0.15, 0.2) is 6.20 Å². The molecule has 0 fully saturated rings. The van der Waals surface area contributed by atoms with Crippen LogP contribution in [-0.2, 0) is 4.74 Å². The zero-order valence-corrected chi connectivity index (χ0v) is 9.36. The maximum absolute atomic E-state index is 11.6. The highest BCUT2D eigenvalue weighted by Gasteiger charge is 2.19. The van der Waals surface area contributed by atoms with E-state index >= 15 is 0 Å². The quantitative estimate of drug-likeness (QED) is 0.751. The van der Waals surface area contributed by atoms with Crippen molar-refractivity contribution in [3.63, 3.8) is 0 Å². The molecule has 0 bridgehead atoms. The van der Waals surface area contributed by atoms with E-state index in [1.54, 1.807) is 17.8 Å². The van der Waals surface area contributed by atoms with Crippen molar-refractivity contribution in [3.05, 3.63) is 17.5 Å². The largest absolute Gasteiger partial charge is 0.461 e. The second-order valence-electron chi connectivity index (χ2n) is 3.43. The minimum atomic E-state index is -0.340. The summed E-state index contributed by atoms with van der Waals surface area (Å²) in [5.74, 6) is -0.340. The molecule has 1 heterocycles. The maximum atomic E-state index is 11.6. The van der Waals surface area contributed by atoms with Gasteiger partial charge in [-0.2, -0.15) is 5.10 Å². The van der Waals surface area contributed by atoms with Crippen molar-refractivity contribution in [1.82, 2.24) is 9.78 Å². The van der Waals surface area contributed by atoms with E-state index in [1.165, 1.54) is 0 Å². The Kier molecular flexibility index (Phi) is 3.85. The fraction of sp³-hybridized carbons (Fsp3) is 0.600. The van der Waals surface area contributed by atoms with Crippen LogP contribution in [0, 0.1) is 6.92 Å². The van der Waals surface area contributed by atoms with E-state index in [9.17, 15) is 4.79 Å². The Balaban J connectivity index is 3.03. The van der Waals surface area contributed by atoms with Gasteiger partial charge in [0.1, 0.15) is 5.69 Å². The lowest BCUT2D eigenvalue weighted by atomic mass is 10.2. The average Bonchev–Trinajstić information content (AvgIpc) is 2.59. The number of nitrogens with two attached hydrogens (primary N) is 1. The molecular formula is C10H17N3O2. The Morgan fingerprint density at radius 2 is 2.40 bits per heavy atom. The molecule has 1 aromatic rings. The SMILES string of the molecule is CCOC(=O)c1c(C)cnn1[C@@H](C)CN. The molecule has 2 N–H and O–H groups in total. The molecule has 1 aromatic heterocycles. The van der Waals surface area contributed by atoms with Gasteiger partial charge in [0.25, 0.3) is 0 Å². The number of esters is 1. The molecule has 0 spiro atoms. The molecule has 0 aliphatic heterocycles. The summed E-state index contributed by atoms with van der Waals surface area (Å²) in [6, 6.07) is -0.00175. The molecule has 0 saturated carbocycles. The second kappa shape index (κ2) is 4.93. The monoisotopic (exact) mass is 211 g/mol. The standard InChI is InChI=1S/C10H17N3O2/c1-4-15-10(14)9-7(2)6-12-13(9)8(3)5-11/h6,8H,4-5,11H2,1-3H3/t8-/m0/s1. The number of aromatic nitrogens is 2. The lowest BCUT2D eigenvalue weighted by molar-refractivity contribution is 0.0508. The lowest BCUT2D eigenvalue weighted by Crippen LogP contribution is -2.22. The minimum Gasteiger partial charge on any atom is -0.461 e. The highest BCUT2D eigenvalue weighted by molar-refractivity contribution is 5.89. The number of ether oxygens (including phenoxy) is 1. The minimum absolute atomic E-state index is 0.00175. The van der Waals surface area contributed by atoms with E-state index < -0.39 is 0 Å². The zero-order valence-electron chi connectivity index (χ0n) is 9.36. The summed E-state index contributed by atoms with van der Waals surface area (Å²) in [5, 5.41) is 4.13. The molecule has 15 heavy (non-hydrogen) atoms. The van der Waals surface area contributed by atoms with Gasteiger partial charge in [-0.15, -0.1) is 0 Å². The molecule has 0 aromatic carbocycles. The molecule has 5 heteroatoms. The van der Waals surface area contributed by atoms with Crippen LogP contribution < -0.4 is 5.73 Å². The smallest absolute Gasteiger partial charge is 0.356 e. The van der Waals surface area contributed by atoms with Crippen LogP contribution in [0.4, 0.5) is 0 Å². The summed E-state index contributed by atoms with van der Waals surface area (Å²) in [6.07, 6.45) is 1.65. The lowest BCUT2D eigenvalue weighted by Gasteiger charge is -2.13. The van der Waals surface area contributed by atoms with Crippen molar-refractivity contribution in [2.24, 2.45) is 5.73 Å². The third kappa shape index (κ3) is 2.36. The van der Waals surface area contributed by atoms with Gasteiger partial charge in [-0.3, -0.25) is 4.68 Å². The summed E-state index contributed by atoms with van der Waals surface area (Å²) in [5.41, 5.74) is 6.85. The van der Waals surface area contributed by atoms with Crippen molar-refractivity contribution >= 4 is 5.97 Å². The van der Waals surface area contributed by atoms with Gasteiger partial charge >= 0.3 is 5.97 Å². The summed E-state index contributed by atoms with van der Waals surface area (Å²) >= 11 is 0. The number of hydrogen-bond donors (Lipinski definition) is 1. The highest BCUT2D eigenvalue weighted by atomic mass is 16.5. The molecule has 0 aliphatic carbocycles. The van der Waals surface area contributed by atoms with Gasteiger partial charge in [0, 0.05) is 12.1 Å². The van der Waals surface area contributed by atoms with E-state index in [1.807, 2.05) is 13.8 Å². The molecule has 0 amide bonds. The fourth-order valence-electron chi connectivity index (χ4n) is 1.34. The van der Waals surface area contributed by atoms with Crippen molar-refractivity contribution < 1.29 is 9.53 Å². The Morgan fingerprint density at radius 1 is 1.73 bits per heavy atom. The molecule has 0 saturated heterocycles. The number of rotatable bonds is 4. The highest BCUT2D eigenvalue weighted by Crippen LogP contribution is 2.13. The third-order valence-corrected chi connectivity index (χ3v) is 2.21. The first-order valence-corrected chi connectivity index (χ1v) is 5.03. The van der Waals surface area contributed by atoms with Gasteiger partial charge in [-0.25, -0.2) is 4.79 Å². The molecular weight excluding hydrogens is 194 g/mol. The van der Waals surface area contributed by atoms with Crippen molar-refractivity contribution in [2.45, 2.75) is 26.8 Å². The molecule has 0 unspecified atom stereocenters. The van der Waals surface area contributed by atoms with Crippen LogP contribution in [0.25, 0.3) is 0 Å². The normalized spacial score (nSPS) is 12.5. The molecule has 0 radical (unpaired) electrons. The Labute approximate surface area is 89.2 Å². The number of carbonyl (C=O) groups excluding carboxylic acids is 1. The topological polar surface area (TPSA) is 70.1 Å². The van der Waals surface area contributed by atoms with Gasteiger partial charge in [0.2, 0.25) is 0 Å². The van der Waals surface area contributed by atoms with Crippen LogP contribution in [0.3, 0.4) is 0 Å². The molecule has 84 valence electrons. The van der Waals surface area contributed by atoms with E-state index in [0.29, 0.717) is 18.8 Å². The van der Waals surface area contributed by atoms with E-state index in [0.717, 1.165) is 5.56 Å². The fourth-order valence-corrected chi connectivity index (χ4v) is 1.34. The summed E-state index contributed by atoms with van der Waals surface area (Å²) in [7, 11) is 0. The van der Waals surface area contributed by atoms with Crippen LogP contribution in [0.5, 0.6) is 0 Å². The number of carbonyl (C=O) groups is 1. The van der Waals surface area contributed by atoms with Gasteiger partial charge in [0.05, 0.1) is 18.8 Å². The Morgan fingerprint density at radius 3 is 2.93 bits per heavy atom. The molecule has 0 aliphatic rings. The Bertz CT molecular complexity index is 346. The van der Waals surface area contributed by atoms with Crippen molar-refractivity contribution in [3.8, 4) is 0 Å². The average molecular weight is 211 g/mol. The number of aryl methyl sites for hydroxylation is 1. The summed E-state index contributed by atoms with van der Waals surface area (Å²) < 4.78 is 6.58. The predicted molar refractivity (Wildman–Crippen MR) is 56.7 cm³/mol. The van der Waals surface area contributed by atoms with E-state index in [-0.39, 0.29) is 12.0 Å². The molecule has 1 atom stereocenters. The van der Waals surface area contributed by atoms with Crippen LogP contribution in [-0.4, -0.2) is 28.9 Å². The van der Waals surface area contributed by atoms with Crippen molar-refractivity contribution in [1.29, 1.82) is 0 Å². The van der Waals surface area contributed by atoms with Crippen LogP contribution in [0.1, 0.15) is 35.9 Å². The van der Waals surface area contributed by atoms with Crippen molar-refractivity contribution in [2.75, 3.05) is 13.2 Å². The van der Waals surface area contributed by atoms with Crippen LogP contribution in [0.2, 0.25) is 0 Å². The van der Waals surface area contributed by atoms with Crippen LogP contribution >= 0.6 is 0 Å². The van der Waals surface area contributed by atoms with Gasteiger partial charge in [-0.05, 0) is 20.8 Å². The zero-order chi connectivity index (χ0) is 11.4. The molecule has 5 nitrogen and oxygen atoms in total. The van der Waals surface area contributed by atoms with Gasteiger partial charge in [0.15, 0.2) is 0 Å². The van der Waals surface area contributed by atoms with Gasteiger partial charge in [-0.1, -0.05) is 0 Å². The van der Waals surface area contributed by atoms with Gasteiger partial charge < -0.3 is 10.5 Å². The number of hydrogen-bond acceptors (Lipinski definition) is 4. The van der Waals surface area contributed by atoms with E-state index in [2.05, 4.69) is 5.10 Å². The Hall–Kier alpha value is -1.36. The second-order valence-corrected chi connectivity index (χ2v) is 3.43. The first kappa shape index (κ1) is 11.7. The first-order valence-electron chi connectivity index (χ1n) is 5.03. The third-order valence-electron chi connectivity index (χ3n) is 2.21. The maximum Gasteiger partial charge on any atom is 0.356 e. The summed E-state index contributed by atoms with van der Waals surface area (Å²) in [4.78, 5) is 11.6. The predicted octanol–water partition coefficient (Wildman–Crippen LogP) is 0.888. The summed E-state index contributed by atoms with van der Waals surface area (Å²) in [6.45, 7) is 6.32. The number of nitrogens with zero attached hydrogens (tertiary/aromatic N) is 2. The first-order chi connectivity index (χ1) is 7.11. The molecule has 1 rings (SSSR count). The van der Waals surface area contributed by atoms with E-state index in [4.69, 9.17) is 10.5 Å².